The summed E-state index contributed by atoms with van der Waals surface area (Å²) in [6.45, 7) is 4.25. The summed E-state index contributed by atoms with van der Waals surface area (Å²) in [6, 6.07) is 9.98. The molecule has 1 N–H and O–H groups in total. The highest BCUT2D eigenvalue weighted by Crippen LogP contribution is 2.33. The lowest BCUT2D eigenvalue weighted by atomic mass is 9.87. The van der Waals surface area contributed by atoms with Crippen molar-refractivity contribution in [2.45, 2.75) is 39.5 Å². The monoisotopic (exact) mass is 411 g/mol. The molecule has 0 aliphatic heterocycles. The van der Waals surface area contributed by atoms with E-state index in [1.54, 1.807) is 17.6 Å². The average molecular weight is 412 g/mol. The molecule has 3 aromatic rings. The topological polar surface area (TPSA) is 54.4 Å². The lowest BCUT2D eigenvalue weighted by Gasteiger charge is -2.19. The molecule has 144 valence electrons. The molecular weight excluding hydrogens is 390 g/mol. The molecule has 0 bridgehead atoms. The van der Waals surface area contributed by atoms with Gasteiger partial charge in [0.05, 0.1) is 16.6 Å². The lowest BCUT2D eigenvalue weighted by Crippen LogP contribution is -2.16. The number of aryl methyl sites for hydroxylation is 2. The van der Waals surface area contributed by atoms with Gasteiger partial charge in [-0.3, -0.25) is 4.79 Å². The second kappa shape index (κ2) is 8.02. The number of carbonyl (C=O) groups excluding carboxylic acids is 1. The fourth-order valence-electron chi connectivity index (χ4n) is 3.64. The summed E-state index contributed by atoms with van der Waals surface area (Å²) in [5, 5.41) is 5.45. The number of rotatable bonds is 4. The van der Waals surface area contributed by atoms with Gasteiger partial charge in [0.2, 0.25) is 0 Å². The van der Waals surface area contributed by atoms with Crippen LogP contribution in [0.4, 0.5) is 0 Å². The first-order valence-electron chi connectivity index (χ1n) is 9.55. The molecular formula is C22H22ClN3OS. The number of hydrogen-bond donors (Lipinski definition) is 1. The number of pyridine rings is 1. The number of fused-ring (bicyclic) bond motifs is 2. The number of halogens is 1. The van der Waals surface area contributed by atoms with E-state index in [4.69, 9.17) is 11.6 Å². The van der Waals surface area contributed by atoms with Crippen LogP contribution in [0.15, 0.2) is 35.4 Å². The first-order valence-corrected chi connectivity index (χ1v) is 10.7. The lowest BCUT2D eigenvalue weighted by molar-refractivity contribution is 0.0959. The highest BCUT2D eigenvalue weighted by atomic mass is 35.5. The van der Waals surface area contributed by atoms with E-state index in [-0.39, 0.29) is 5.91 Å². The maximum atomic E-state index is 12.5. The second-order valence-corrected chi connectivity index (χ2v) is 8.83. The van der Waals surface area contributed by atoms with Gasteiger partial charge < -0.3 is 0 Å². The number of benzene rings is 1. The average Bonchev–Trinajstić information content (AvgIpc) is 3.11. The van der Waals surface area contributed by atoms with Crippen molar-refractivity contribution in [3.63, 3.8) is 0 Å². The maximum Gasteiger partial charge on any atom is 0.281 e. The number of hydrazone groups is 1. The van der Waals surface area contributed by atoms with Crippen molar-refractivity contribution in [2.75, 3.05) is 0 Å². The van der Waals surface area contributed by atoms with Crippen molar-refractivity contribution < 1.29 is 4.79 Å². The number of nitrogens with zero attached hydrogens (tertiary/aromatic N) is 2. The predicted molar refractivity (Wildman–Crippen MR) is 117 cm³/mol. The molecule has 2 heterocycles. The summed E-state index contributed by atoms with van der Waals surface area (Å²) < 4.78 is 0. The molecule has 0 unspecified atom stereocenters. The number of thiophene rings is 1. The Hall–Kier alpha value is -2.24. The normalized spacial score (nSPS) is 16.5. The van der Waals surface area contributed by atoms with Crippen LogP contribution in [0, 0.1) is 12.8 Å². The Labute approximate surface area is 173 Å². The number of aromatic nitrogens is 1. The standard InChI is InChI=1S/C22H22ClN3OS/c1-3-14-5-7-19-16(9-14)11-20(28-19)22(27)26-24-12-17-10-15-6-4-13(2)8-18(15)25-21(17)23/h4,6,8,10-12,14H,3,5,7,9H2,1-2H3,(H,26,27)/b24-12-/t14-/m0/s1. The van der Waals surface area contributed by atoms with E-state index in [0.717, 1.165) is 40.1 Å². The number of hydrogen-bond acceptors (Lipinski definition) is 4. The SMILES string of the molecule is CC[C@H]1CCc2sc(C(=O)N/N=C\c3cc4ccc(C)cc4nc3Cl)cc2C1. The maximum absolute atomic E-state index is 12.5. The van der Waals surface area contributed by atoms with Gasteiger partial charge in [-0.1, -0.05) is 37.1 Å². The molecule has 2 aromatic heterocycles. The van der Waals surface area contributed by atoms with Crippen molar-refractivity contribution in [1.82, 2.24) is 10.4 Å². The van der Waals surface area contributed by atoms with Crippen molar-refractivity contribution >= 4 is 46.0 Å². The first kappa shape index (κ1) is 19.1. The zero-order valence-electron chi connectivity index (χ0n) is 16.0. The Morgan fingerprint density at radius 2 is 2.25 bits per heavy atom. The molecule has 1 amide bonds. The van der Waals surface area contributed by atoms with E-state index in [9.17, 15) is 4.79 Å². The molecule has 0 radical (unpaired) electrons. The van der Waals surface area contributed by atoms with Gasteiger partial charge in [0.25, 0.3) is 5.91 Å². The van der Waals surface area contributed by atoms with Crippen molar-refractivity contribution in [3.8, 4) is 0 Å². The zero-order chi connectivity index (χ0) is 19.7. The van der Waals surface area contributed by atoms with Gasteiger partial charge in [0, 0.05) is 15.8 Å². The molecule has 0 saturated carbocycles. The summed E-state index contributed by atoms with van der Waals surface area (Å²) in [5.74, 6) is 0.562. The minimum Gasteiger partial charge on any atom is -0.266 e. The van der Waals surface area contributed by atoms with E-state index < -0.39 is 0 Å². The molecule has 0 fully saturated rings. The van der Waals surface area contributed by atoms with E-state index in [0.29, 0.717) is 10.7 Å². The molecule has 1 atom stereocenters. The number of amides is 1. The van der Waals surface area contributed by atoms with E-state index >= 15 is 0 Å². The summed E-state index contributed by atoms with van der Waals surface area (Å²) in [4.78, 5) is 19.0. The Bertz CT molecular complexity index is 1070. The molecule has 6 heteroatoms. The summed E-state index contributed by atoms with van der Waals surface area (Å²) >= 11 is 7.86. The van der Waals surface area contributed by atoms with E-state index in [1.165, 1.54) is 23.3 Å². The Kier molecular flexibility index (Phi) is 5.47. The molecule has 1 aliphatic rings. The summed E-state index contributed by atoms with van der Waals surface area (Å²) in [7, 11) is 0. The molecule has 1 aliphatic carbocycles. The first-order chi connectivity index (χ1) is 13.5. The zero-order valence-corrected chi connectivity index (χ0v) is 17.5. The number of carbonyl (C=O) groups is 1. The van der Waals surface area contributed by atoms with Crippen LogP contribution < -0.4 is 5.43 Å². The van der Waals surface area contributed by atoms with Crippen LogP contribution in [0.25, 0.3) is 10.9 Å². The third-order valence-electron chi connectivity index (χ3n) is 5.31. The Morgan fingerprint density at radius 3 is 3.07 bits per heavy atom. The van der Waals surface area contributed by atoms with E-state index in [2.05, 4.69) is 22.4 Å². The highest BCUT2D eigenvalue weighted by molar-refractivity contribution is 7.14. The van der Waals surface area contributed by atoms with Gasteiger partial charge in [0.15, 0.2) is 0 Å². The van der Waals surface area contributed by atoms with Crippen LogP contribution in [0.5, 0.6) is 0 Å². The van der Waals surface area contributed by atoms with Gasteiger partial charge in [-0.15, -0.1) is 11.3 Å². The molecule has 4 rings (SSSR count). The minimum atomic E-state index is -0.177. The van der Waals surface area contributed by atoms with Crippen molar-refractivity contribution in [3.05, 3.63) is 61.9 Å². The summed E-state index contributed by atoms with van der Waals surface area (Å²) in [5.41, 5.74) is 6.61. The molecule has 1 aromatic carbocycles. The predicted octanol–water partition coefficient (Wildman–Crippen LogP) is 5.54. The molecule has 4 nitrogen and oxygen atoms in total. The molecule has 28 heavy (non-hydrogen) atoms. The largest absolute Gasteiger partial charge is 0.281 e. The van der Waals surface area contributed by atoms with Crippen LogP contribution in [0.3, 0.4) is 0 Å². The minimum absolute atomic E-state index is 0.177. The third kappa shape index (κ3) is 3.96. The quantitative estimate of drug-likeness (QED) is 0.348. The Balaban J connectivity index is 1.47. The van der Waals surface area contributed by atoms with Gasteiger partial charge >= 0.3 is 0 Å². The smallest absolute Gasteiger partial charge is 0.266 e. The van der Waals surface area contributed by atoms with Crippen molar-refractivity contribution in [2.24, 2.45) is 11.0 Å². The van der Waals surface area contributed by atoms with Gasteiger partial charge in [0.1, 0.15) is 5.15 Å². The fraction of sp³-hybridized carbons (Fsp3) is 0.318. The van der Waals surface area contributed by atoms with Gasteiger partial charge in [-0.05, 0) is 61.4 Å². The molecule has 0 saturated heterocycles. The van der Waals surface area contributed by atoms with Gasteiger partial charge in [-0.25, -0.2) is 10.4 Å². The second-order valence-electron chi connectivity index (χ2n) is 7.34. The van der Waals surface area contributed by atoms with Gasteiger partial charge in [-0.2, -0.15) is 5.10 Å². The van der Waals surface area contributed by atoms with Crippen LogP contribution in [-0.4, -0.2) is 17.1 Å². The molecule has 0 spiro atoms. The highest BCUT2D eigenvalue weighted by Gasteiger charge is 2.21. The van der Waals surface area contributed by atoms with Crippen LogP contribution in [-0.2, 0) is 12.8 Å². The third-order valence-corrected chi connectivity index (χ3v) is 6.85. The van der Waals surface area contributed by atoms with Crippen molar-refractivity contribution in [1.29, 1.82) is 0 Å². The fourth-order valence-corrected chi connectivity index (χ4v) is 4.93. The van der Waals surface area contributed by atoms with Crippen LogP contribution >= 0.6 is 22.9 Å². The number of nitrogens with one attached hydrogen (secondary N) is 1. The Morgan fingerprint density at radius 1 is 1.39 bits per heavy atom. The van der Waals surface area contributed by atoms with Crippen LogP contribution in [0.2, 0.25) is 5.15 Å². The van der Waals surface area contributed by atoms with Crippen LogP contribution in [0.1, 0.15) is 51.0 Å². The van der Waals surface area contributed by atoms with E-state index in [1.807, 2.05) is 37.3 Å². The summed E-state index contributed by atoms with van der Waals surface area (Å²) in [6.07, 6.45) is 6.12.